The zero-order valence-electron chi connectivity index (χ0n) is 16.8. The molecule has 1 aliphatic rings. The molecule has 158 valence electrons. The predicted molar refractivity (Wildman–Crippen MR) is 102 cm³/mol. The third-order valence-electron chi connectivity index (χ3n) is 4.72. The summed E-state index contributed by atoms with van der Waals surface area (Å²) in [5.41, 5.74) is -0.352. The molecular formula is C20H26FN3O5. The number of benzene rings is 1. The fourth-order valence-electron chi connectivity index (χ4n) is 2.94. The molecular weight excluding hydrogens is 381 g/mol. The third kappa shape index (κ3) is 5.75. The molecule has 4 amide bonds. The number of hydrogen-bond donors (Lipinski definition) is 2. The first kappa shape index (κ1) is 22.3. The first-order chi connectivity index (χ1) is 13.7. The number of amides is 4. The van der Waals surface area contributed by atoms with Crippen molar-refractivity contribution in [3.8, 4) is 0 Å². The van der Waals surface area contributed by atoms with Crippen molar-refractivity contribution < 1.29 is 28.3 Å². The number of carbonyl (C=O) groups is 4. The smallest absolute Gasteiger partial charge is 0.327 e. The van der Waals surface area contributed by atoms with E-state index < -0.39 is 42.0 Å². The van der Waals surface area contributed by atoms with E-state index in [-0.39, 0.29) is 12.4 Å². The van der Waals surface area contributed by atoms with Crippen LogP contribution >= 0.6 is 0 Å². The minimum Gasteiger partial charge on any atom is -0.451 e. The van der Waals surface area contributed by atoms with Gasteiger partial charge in [0, 0.05) is 6.54 Å². The van der Waals surface area contributed by atoms with Gasteiger partial charge in [0.1, 0.15) is 17.9 Å². The van der Waals surface area contributed by atoms with E-state index in [1.807, 2.05) is 6.92 Å². The summed E-state index contributed by atoms with van der Waals surface area (Å²) in [7, 11) is 0. The highest BCUT2D eigenvalue weighted by Gasteiger charge is 2.48. The summed E-state index contributed by atoms with van der Waals surface area (Å²) in [6, 6.07) is 4.95. The number of unbranched alkanes of at least 4 members (excludes halogenated alkanes) is 1. The van der Waals surface area contributed by atoms with Crippen LogP contribution in [0.25, 0.3) is 0 Å². The van der Waals surface area contributed by atoms with Crippen LogP contribution in [0.1, 0.15) is 45.6 Å². The molecule has 1 saturated heterocycles. The summed E-state index contributed by atoms with van der Waals surface area (Å²) in [4.78, 5) is 49.6. The molecule has 0 spiro atoms. The molecule has 8 nitrogen and oxygen atoms in total. The molecule has 0 saturated carbocycles. The molecule has 9 heteroatoms. The number of nitrogens with one attached hydrogen (secondary N) is 2. The van der Waals surface area contributed by atoms with Crippen molar-refractivity contribution >= 4 is 23.8 Å². The number of rotatable bonds is 9. The first-order valence-electron chi connectivity index (χ1n) is 9.52. The molecule has 29 heavy (non-hydrogen) atoms. The fourth-order valence-corrected chi connectivity index (χ4v) is 2.94. The second kappa shape index (κ2) is 9.49. The van der Waals surface area contributed by atoms with Gasteiger partial charge in [-0.15, -0.1) is 0 Å². The summed E-state index contributed by atoms with van der Waals surface area (Å²) in [6.07, 6.45) is 0.981. The molecule has 2 N–H and O–H groups in total. The fraction of sp³-hybridized carbons (Fsp3) is 0.500. The molecule has 0 bridgehead atoms. The number of urea groups is 1. The third-order valence-corrected chi connectivity index (χ3v) is 4.72. The number of halogens is 1. The van der Waals surface area contributed by atoms with Gasteiger partial charge in [0.05, 0.1) is 0 Å². The summed E-state index contributed by atoms with van der Waals surface area (Å²) < 4.78 is 17.9. The van der Waals surface area contributed by atoms with Crippen LogP contribution in [-0.4, -0.2) is 46.9 Å². The van der Waals surface area contributed by atoms with Crippen LogP contribution in [0, 0.1) is 5.82 Å². The van der Waals surface area contributed by atoms with E-state index in [9.17, 15) is 23.6 Å². The van der Waals surface area contributed by atoms with E-state index in [2.05, 4.69) is 10.6 Å². The topological polar surface area (TPSA) is 105 Å². The quantitative estimate of drug-likeness (QED) is 0.480. The lowest BCUT2D eigenvalue weighted by Crippen LogP contribution is -2.44. The Kier molecular flexibility index (Phi) is 7.30. The lowest BCUT2D eigenvalue weighted by Gasteiger charge is -2.21. The number of hydrogen-bond acceptors (Lipinski definition) is 5. The van der Waals surface area contributed by atoms with Crippen LogP contribution in [0.5, 0.6) is 0 Å². The van der Waals surface area contributed by atoms with Crippen LogP contribution < -0.4 is 10.6 Å². The number of ether oxygens (including phenoxy) is 1. The number of carbonyl (C=O) groups excluding carboxylic acids is 4. The Morgan fingerprint density at radius 3 is 2.55 bits per heavy atom. The molecule has 1 aromatic rings. The number of imide groups is 1. The zero-order valence-corrected chi connectivity index (χ0v) is 16.8. The van der Waals surface area contributed by atoms with Crippen LogP contribution in [0.15, 0.2) is 24.3 Å². The Labute approximate surface area is 168 Å². The van der Waals surface area contributed by atoms with E-state index >= 15 is 0 Å². The van der Waals surface area contributed by atoms with Crippen molar-refractivity contribution in [2.45, 2.75) is 58.2 Å². The Hall–Kier alpha value is -2.97. The van der Waals surface area contributed by atoms with Crippen LogP contribution in [0.4, 0.5) is 9.18 Å². The monoisotopic (exact) mass is 407 g/mol. The van der Waals surface area contributed by atoms with Gasteiger partial charge in [-0.2, -0.15) is 0 Å². The maximum absolute atomic E-state index is 12.9. The highest BCUT2D eigenvalue weighted by atomic mass is 19.1. The van der Waals surface area contributed by atoms with Gasteiger partial charge in [-0.05, 0) is 38.0 Å². The summed E-state index contributed by atoms with van der Waals surface area (Å²) in [5.74, 6) is -2.28. The van der Waals surface area contributed by atoms with Crippen LogP contribution in [0.2, 0.25) is 0 Å². The van der Waals surface area contributed by atoms with E-state index in [4.69, 9.17) is 4.74 Å². The Balaban J connectivity index is 1.84. The maximum Gasteiger partial charge on any atom is 0.327 e. The lowest BCUT2D eigenvalue weighted by molar-refractivity contribution is -0.156. The van der Waals surface area contributed by atoms with Gasteiger partial charge in [0.2, 0.25) is 0 Å². The van der Waals surface area contributed by atoms with E-state index in [0.29, 0.717) is 12.0 Å². The molecule has 2 rings (SSSR count). The highest BCUT2D eigenvalue weighted by molar-refractivity contribution is 6.08. The average molecular weight is 407 g/mol. The minimum atomic E-state index is -1.12. The van der Waals surface area contributed by atoms with Crippen LogP contribution in [0.3, 0.4) is 0 Å². The second-order valence-corrected chi connectivity index (χ2v) is 7.23. The molecule has 1 heterocycles. The zero-order chi connectivity index (χ0) is 21.6. The van der Waals surface area contributed by atoms with Crippen molar-refractivity contribution in [2.24, 2.45) is 0 Å². The Bertz CT molecular complexity index is 783. The molecule has 2 atom stereocenters. The second-order valence-electron chi connectivity index (χ2n) is 7.23. The van der Waals surface area contributed by atoms with Gasteiger partial charge in [-0.3, -0.25) is 19.3 Å². The average Bonchev–Trinajstić information content (AvgIpc) is 2.89. The molecule has 1 aliphatic heterocycles. The summed E-state index contributed by atoms with van der Waals surface area (Å²) >= 11 is 0. The van der Waals surface area contributed by atoms with Gasteiger partial charge in [0.15, 0.2) is 6.10 Å². The lowest BCUT2D eigenvalue weighted by atomic mass is 9.95. The highest BCUT2D eigenvalue weighted by Crippen LogP contribution is 2.23. The maximum atomic E-state index is 12.9. The summed E-state index contributed by atoms with van der Waals surface area (Å²) in [5, 5.41) is 5.19. The Morgan fingerprint density at radius 2 is 1.93 bits per heavy atom. The van der Waals surface area contributed by atoms with Gasteiger partial charge in [-0.25, -0.2) is 9.18 Å². The van der Waals surface area contributed by atoms with Crippen LogP contribution in [-0.2, 0) is 25.7 Å². The van der Waals surface area contributed by atoms with Crippen molar-refractivity contribution in [1.82, 2.24) is 15.5 Å². The predicted octanol–water partition coefficient (Wildman–Crippen LogP) is 1.87. The van der Waals surface area contributed by atoms with E-state index in [1.165, 1.54) is 31.2 Å². The largest absolute Gasteiger partial charge is 0.451 e. The molecule has 0 aliphatic carbocycles. The minimum absolute atomic E-state index is 0.143. The standard InChI is InChI=1S/C20H26FN3O5/c1-4-5-10-20(3)18(27)24(19(28)23-20)12-16(25)29-13(2)17(26)22-11-14-6-8-15(21)9-7-14/h6-9,13H,4-5,10-12H2,1-3H3,(H,22,26)(H,23,28)/t13-,20-/m0/s1. The molecule has 0 unspecified atom stereocenters. The normalized spacial score (nSPS) is 19.7. The molecule has 0 radical (unpaired) electrons. The molecule has 1 fully saturated rings. The van der Waals surface area contributed by atoms with E-state index in [1.54, 1.807) is 6.92 Å². The van der Waals surface area contributed by atoms with Crippen molar-refractivity contribution in [3.63, 3.8) is 0 Å². The number of esters is 1. The summed E-state index contributed by atoms with van der Waals surface area (Å²) in [6.45, 7) is 4.56. The van der Waals surface area contributed by atoms with Crippen molar-refractivity contribution in [1.29, 1.82) is 0 Å². The van der Waals surface area contributed by atoms with Gasteiger partial charge in [0.25, 0.3) is 11.8 Å². The van der Waals surface area contributed by atoms with Gasteiger partial charge < -0.3 is 15.4 Å². The molecule has 0 aromatic heterocycles. The van der Waals surface area contributed by atoms with Gasteiger partial charge >= 0.3 is 12.0 Å². The number of nitrogens with zero attached hydrogens (tertiary/aromatic N) is 1. The van der Waals surface area contributed by atoms with Gasteiger partial charge in [-0.1, -0.05) is 31.9 Å². The first-order valence-corrected chi connectivity index (χ1v) is 9.52. The Morgan fingerprint density at radius 1 is 1.28 bits per heavy atom. The van der Waals surface area contributed by atoms with E-state index in [0.717, 1.165) is 17.7 Å². The molecule has 1 aromatic carbocycles. The van der Waals surface area contributed by atoms with Crippen molar-refractivity contribution in [3.05, 3.63) is 35.6 Å². The van der Waals surface area contributed by atoms with Crippen molar-refractivity contribution in [2.75, 3.05) is 6.54 Å². The SMILES string of the molecule is CCCC[C@]1(C)NC(=O)N(CC(=O)O[C@@H](C)C(=O)NCc2ccc(F)cc2)C1=O.